The van der Waals surface area contributed by atoms with Crippen LogP contribution in [0.2, 0.25) is 0 Å². The van der Waals surface area contributed by atoms with Crippen molar-refractivity contribution in [1.82, 2.24) is 5.32 Å². The van der Waals surface area contributed by atoms with Crippen molar-refractivity contribution in [2.45, 2.75) is 19.8 Å². The van der Waals surface area contributed by atoms with Crippen molar-refractivity contribution in [1.29, 1.82) is 0 Å². The van der Waals surface area contributed by atoms with E-state index in [0.29, 0.717) is 31.7 Å². The number of benzene rings is 1. The van der Waals surface area contributed by atoms with Gasteiger partial charge in [0.25, 0.3) is 0 Å². The average Bonchev–Trinajstić information content (AvgIpc) is 2.44. The maximum absolute atomic E-state index is 11.5. The molecule has 0 aliphatic carbocycles. The molecular formula is C15H22N2O3. The molecule has 0 heterocycles. The number of Topliss-reactive ketones (excluding diaryl/α,β-unsaturated/α-hetero) is 1. The van der Waals surface area contributed by atoms with Crippen LogP contribution in [-0.2, 0) is 9.53 Å². The van der Waals surface area contributed by atoms with Crippen molar-refractivity contribution in [3.05, 3.63) is 29.8 Å². The van der Waals surface area contributed by atoms with Gasteiger partial charge in [-0.2, -0.15) is 0 Å². The quantitative estimate of drug-likeness (QED) is 0.534. The first kappa shape index (κ1) is 16.2. The van der Waals surface area contributed by atoms with Gasteiger partial charge in [-0.05, 0) is 37.6 Å². The largest absolute Gasteiger partial charge is 0.385 e. The van der Waals surface area contributed by atoms with Crippen LogP contribution in [0.5, 0.6) is 0 Å². The van der Waals surface area contributed by atoms with Crippen LogP contribution < -0.4 is 10.6 Å². The summed E-state index contributed by atoms with van der Waals surface area (Å²) in [5.41, 5.74) is 1.59. The van der Waals surface area contributed by atoms with Gasteiger partial charge in [0.2, 0.25) is 5.91 Å². The number of hydrogen-bond donors (Lipinski definition) is 2. The lowest BCUT2D eigenvalue weighted by molar-refractivity contribution is -0.120. The van der Waals surface area contributed by atoms with Crippen LogP contribution in [-0.4, -0.2) is 38.5 Å². The molecule has 0 saturated heterocycles. The van der Waals surface area contributed by atoms with Gasteiger partial charge in [0.1, 0.15) is 0 Å². The Balaban J connectivity index is 2.20. The number of ketones is 1. The highest BCUT2D eigenvalue weighted by Gasteiger charge is 2.01. The molecule has 0 fully saturated rings. The second kappa shape index (κ2) is 9.09. The van der Waals surface area contributed by atoms with E-state index in [1.54, 1.807) is 19.2 Å². The molecule has 20 heavy (non-hydrogen) atoms. The fourth-order valence-electron chi connectivity index (χ4n) is 1.68. The third kappa shape index (κ3) is 6.33. The van der Waals surface area contributed by atoms with E-state index < -0.39 is 0 Å². The zero-order valence-electron chi connectivity index (χ0n) is 12.1. The maximum Gasteiger partial charge on any atom is 0.221 e. The van der Waals surface area contributed by atoms with Crippen LogP contribution in [0.3, 0.4) is 0 Å². The Kier molecular flexibility index (Phi) is 7.35. The Labute approximate surface area is 119 Å². The van der Waals surface area contributed by atoms with E-state index in [9.17, 15) is 9.59 Å². The summed E-state index contributed by atoms with van der Waals surface area (Å²) in [5.74, 6) is 0.0703. The zero-order chi connectivity index (χ0) is 14.8. The van der Waals surface area contributed by atoms with Crippen LogP contribution in [0.4, 0.5) is 5.69 Å². The minimum atomic E-state index is 0.0222. The van der Waals surface area contributed by atoms with Gasteiger partial charge in [-0.25, -0.2) is 0 Å². The predicted octanol–water partition coefficient (Wildman–Crippen LogP) is 1.84. The predicted molar refractivity (Wildman–Crippen MR) is 79.1 cm³/mol. The molecule has 110 valence electrons. The standard InChI is InChI=1S/C15H22N2O3/c1-12(18)13-4-6-14(7-5-13)16-10-8-15(19)17-9-3-11-20-2/h4-7,16H,3,8-11H2,1-2H3,(H,17,19). The van der Waals surface area contributed by atoms with Crippen molar-refractivity contribution in [2.75, 3.05) is 32.1 Å². The van der Waals surface area contributed by atoms with Gasteiger partial charge >= 0.3 is 0 Å². The van der Waals surface area contributed by atoms with Gasteiger partial charge in [-0.15, -0.1) is 0 Å². The number of rotatable bonds is 9. The molecule has 1 amide bonds. The van der Waals surface area contributed by atoms with E-state index in [0.717, 1.165) is 12.1 Å². The van der Waals surface area contributed by atoms with Gasteiger partial charge in [-0.3, -0.25) is 9.59 Å². The van der Waals surface area contributed by atoms with E-state index in [2.05, 4.69) is 10.6 Å². The zero-order valence-corrected chi connectivity index (χ0v) is 12.1. The molecule has 0 aliphatic rings. The van der Waals surface area contributed by atoms with E-state index in [-0.39, 0.29) is 11.7 Å². The Morgan fingerprint density at radius 3 is 2.45 bits per heavy atom. The molecule has 0 spiro atoms. The molecule has 1 aromatic carbocycles. The summed E-state index contributed by atoms with van der Waals surface area (Å²) < 4.78 is 4.90. The van der Waals surface area contributed by atoms with Crippen LogP contribution in [0, 0.1) is 0 Å². The molecular weight excluding hydrogens is 256 g/mol. The Bertz CT molecular complexity index is 429. The molecule has 5 nitrogen and oxygen atoms in total. The van der Waals surface area contributed by atoms with E-state index in [4.69, 9.17) is 4.74 Å². The molecule has 0 atom stereocenters. The van der Waals surface area contributed by atoms with Crippen molar-refractivity contribution < 1.29 is 14.3 Å². The van der Waals surface area contributed by atoms with Gasteiger partial charge < -0.3 is 15.4 Å². The monoisotopic (exact) mass is 278 g/mol. The summed E-state index contributed by atoms with van der Waals surface area (Å²) in [5, 5.41) is 5.97. The van der Waals surface area contributed by atoms with Gasteiger partial charge in [0.05, 0.1) is 0 Å². The second-order valence-electron chi connectivity index (χ2n) is 4.51. The average molecular weight is 278 g/mol. The van der Waals surface area contributed by atoms with Crippen molar-refractivity contribution in [3.63, 3.8) is 0 Å². The highest BCUT2D eigenvalue weighted by atomic mass is 16.5. The second-order valence-corrected chi connectivity index (χ2v) is 4.51. The smallest absolute Gasteiger partial charge is 0.221 e. The van der Waals surface area contributed by atoms with E-state index in [1.807, 2.05) is 12.1 Å². The first-order valence-corrected chi connectivity index (χ1v) is 6.74. The molecule has 1 rings (SSSR count). The van der Waals surface area contributed by atoms with Gasteiger partial charge in [0.15, 0.2) is 5.78 Å². The number of nitrogens with one attached hydrogen (secondary N) is 2. The molecule has 0 unspecified atom stereocenters. The summed E-state index contributed by atoms with van der Waals surface area (Å²) in [6.07, 6.45) is 1.24. The summed E-state index contributed by atoms with van der Waals surface area (Å²) in [4.78, 5) is 22.6. The number of hydrogen-bond acceptors (Lipinski definition) is 4. The molecule has 1 aromatic rings. The topological polar surface area (TPSA) is 67.4 Å². The number of carbonyl (C=O) groups excluding carboxylic acids is 2. The maximum atomic E-state index is 11.5. The number of methoxy groups -OCH3 is 1. The molecule has 0 aromatic heterocycles. The fraction of sp³-hybridized carbons (Fsp3) is 0.467. The van der Waals surface area contributed by atoms with Crippen LogP contribution in [0.1, 0.15) is 30.1 Å². The number of anilines is 1. The Hall–Kier alpha value is -1.88. The highest BCUT2D eigenvalue weighted by Crippen LogP contribution is 2.09. The van der Waals surface area contributed by atoms with E-state index in [1.165, 1.54) is 6.92 Å². The molecule has 0 bridgehead atoms. The number of carbonyl (C=O) groups is 2. The lowest BCUT2D eigenvalue weighted by atomic mass is 10.1. The van der Waals surface area contributed by atoms with Gasteiger partial charge in [0, 0.05) is 44.5 Å². The SMILES string of the molecule is COCCCNC(=O)CCNc1ccc(C(C)=O)cc1. The summed E-state index contributed by atoms with van der Waals surface area (Å²) in [6.45, 7) is 3.40. The number of amides is 1. The van der Waals surface area contributed by atoms with Crippen LogP contribution in [0.25, 0.3) is 0 Å². The summed E-state index contributed by atoms with van der Waals surface area (Å²) in [6, 6.07) is 7.23. The van der Waals surface area contributed by atoms with Crippen LogP contribution >= 0.6 is 0 Å². The minimum Gasteiger partial charge on any atom is -0.385 e. The molecule has 2 N–H and O–H groups in total. The Morgan fingerprint density at radius 1 is 1.15 bits per heavy atom. The van der Waals surface area contributed by atoms with Crippen molar-refractivity contribution in [3.8, 4) is 0 Å². The molecule has 0 aliphatic heterocycles. The molecule has 0 saturated carbocycles. The summed E-state index contributed by atoms with van der Waals surface area (Å²) >= 11 is 0. The first-order chi connectivity index (χ1) is 9.63. The highest BCUT2D eigenvalue weighted by molar-refractivity contribution is 5.94. The minimum absolute atomic E-state index is 0.0222. The van der Waals surface area contributed by atoms with Gasteiger partial charge in [-0.1, -0.05) is 0 Å². The lowest BCUT2D eigenvalue weighted by Crippen LogP contribution is -2.26. The summed E-state index contributed by atoms with van der Waals surface area (Å²) in [7, 11) is 1.64. The normalized spacial score (nSPS) is 10.1. The van der Waals surface area contributed by atoms with E-state index >= 15 is 0 Å². The van der Waals surface area contributed by atoms with Crippen molar-refractivity contribution >= 4 is 17.4 Å². The fourth-order valence-corrected chi connectivity index (χ4v) is 1.68. The lowest BCUT2D eigenvalue weighted by Gasteiger charge is -2.07. The van der Waals surface area contributed by atoms with Crippen molar-refractivity contribution in [2.24, 2.45) is 0 Å². The third-order valence-electron chi connectivity index (χ3n) is 2.82. The third-order valence-corrected chi connectivity index (χ3v) is 2.82. The Morgan fingerprint density at radius 2 is 1.85 bits per heavy atom. The molecule has 0 radical (unpaired) electrons. The van der Waals surface area contributed by atoms with Crippen LogP contribution in [0.15, 0.2) is 24.3 Å². The number of ether oxygens (including phenoxy) is 1. The first-order valence-electron chi connectivity index (χ1n) is 6.74. The molecule has 5 heteroatoms.